The topological polar surface area (TPSA) is 104 Å². The summed E-state index contributed by atoms with van der Waals surface area (Å²) in [5.74, 6) is -1.17. The molecule has 0 saturated carbocycles. The van der Waals surface area contributed by atoms with Crippen LogP contribution >= 0.6 is 0 Å². The average molecular weight is 433 g/mol. The van der Waals surface area contributed by atoms with E-state index >= 15 is 0 Å². The van der Waals surface area contributed by atoms with Gasteiger partial charge in [-0.05, 0) is 37.0 Å². The number of aliphatic hydroxyl groups is 2. The molecule has 6 heteroatoms. The predicted molar refractivity (Wildman–Crippen MR) is 121 cm³/mol. The Morgan fingerprint density at radius 1 is 0.767 bits per heavy atom. The van der Waals surface area contributed by atoms with Crippen molar-refractivity contribution < 1.29 is 29.6 Å². The van der Waals surface area contributed by atoms with Gasteiger partial charge in [0.05, 0.1) is 30.1 Å². The van der Waals surface area contributed by atoms with Crippen molar-refractivity contribution in [1.29, 1.82) is 0 Å². The van der Waals surface area contributed by atoms with Gasteiger partial charge in [-0.1, -0.05) is 69.2 Å². The van der Waals surface area contributed by atoms with E-state index in [1.54, 1.807) is 27.7 Å². The summed E-state index contributed by atoms with van der Waals surface area (Å²) < 4.78 is 5.08. The SMILES string of the molecule is CC(C)C(=O)OCC(C)C(O)C(C)(C)C.CC(CC(C)(C)C(=O)O)C(O)C(C)(C)C. The molecule has 0 spiro atoms. The number of aliphatic hydroxyl groups excluding tert-OH is 2. The molecule has 4 atom stereocenters. The largest absolute Gasteiger partial charge is 0.481 e. The van der Waals surface area contributed by atoms with Gasteiger partial charge in [-0.2, -0.15) is 0 Å². The number of ether oxygens (including phenoxy) is 1. The van der Waals surface area contributed by atoms with E-state index in [0.29, 0.717) is 6.42 Å². The summed E-state index contributed by atoms with van der Waals surface area (Å²) in [6, 6.07) is 0. The Labute approximate surface area is 184 Å². The van der Waals surface area contributed by atoms with Crippen LogP contribution in [0.3, 0.4) is 0 Å². The van der Waals surface area contributed by atoms with Gasteiger partial charge in [0.2, 0.25) is 0 Å². The maximum Gasteiger partial charge on any atom is 0.309 e. The van der Waals surface area contributed by atoms with E-state index in [9.17, 15) is 19.8 Å². The lowest BCUT2D eigenvalue weighted by molar-refractivity contribution is -0.151. The van der Waals surface area contributed by atoms with Crippen LogP contribution in [-0.4, -0.2) is 46.1 Å². The van der Waals surface area contributed by atoms with Crippen molar-refractivity contribution in [3.05, 3.63) is 0 Å². The van der Waals surface area contributed by atoms with Crippen LogP contribution in [0.25, 0.3) is 0 Å². The smallest absolute Gasteiger partial charge is 0.309 e. The van der Waals surface area contributed by atoms with E-state index in [4.69, 9.17) is 9.84 Å². The summed E-state index contributed by atoms with van der Waals surface area (Å²) in [6.07, 6.45) is -0.450. The number of hydrogen-bond acceptors (Lipinski definition) is 5. The minimum atomic E-state index is -0.810. The maximum atomic E-state index is 11.2. The van der Waals surface area contributed by atoms with Crippen molar-refractivity contribution in [1.82, 2.24) is 0 Å². The number of carbonyl (C=O) groups excluding carboxylic acids is 1. The van der Waals surface area contributed by atoms with Crippen molar-refractivity contribution in [2.24, 2.45) is 34.0 Å². The van der Waals surface area contributed by atoms with Crippen molar-refractivity contribution in [2.75, 3.05) is 6.61 Å². The van der Waals surface area contributed by atoms with Crippen LogP contribution in [0.2, 0.25) is 0 Å². The zero-order chi connectivity index (χ0) is 24.7. The summed E-state index contributed by atoms with van der Waals surface area (Å²) >= 11 is 0. The minimum Gasteiger partial charge on any atom is -0.481 e. The minimum absolute atomic E-state index is 0.0175. The lowest BCUT2D eigenvalue weighted by atomic mass is 9.75. The second-order valence-corrected chi connectivity index (χ2v) is 11.8. The molecule has 0 amide bonds. The molecular weight excluding hydrogens is 384 g/mol. The first kappa shape index (κ1) is 31.0. The van der Waals surface area contributed by atoms with E-state index in [0.717, 1.165) is 0 Å². The van der Waals surface area contributed by atoms with Crippen LogP contribution in [0.1, 0.15) is 89.5 Å². The molecule has 0 saturated heterocycles. The molecule has 180 valence electrons. The summed E-state index contributed by atoms with van der Waals surface area (Å²) in [7, 11) is 0. The Hall–Kier alpha value is -1.14. The number of esters is 1. The van der Waals surface area contributed by atoms with Gasteiger partial charge >= 0.3 is 11.9 Å². The highest BCUT2D eigenvalue weighted by atomic mass is 16.5. The maximum absolute atomic E-state index is 11.2. The van der Waals surface area contributed by atoms with Gasteiger partial charge < -0.3 is 20.1 Å². The fraction of sp³-hybridized carbons (Fsp3) is 0.917. The molecule has 0 aliphatic carbocycles. The summed E-state index contributed by atoms with van der Waals surface area (Å²) in [5, 5.41) is 28.9. The molecule has 0 aromatic carbocycles. The van der Waals surface area contributed by atoms with Crippen molar-refractivity contribution >= 4 is 11.9 Å². The fourth-order valence-corrected chi connectivity index (χ4v) is 3.18. The Balaban J connectivity index is 0. The molecule has 30 heavy (non-hydrogen) atoms. The van der Waals surface area contributed by atoms with E-state index in [2.05, 4.69) is 0 Å². The van der Waals surface area contributed by atoms with Crippen molar-refractivity contribution in [3.63, 3.8) is 0 Å². The fourth-order valence-electron chi connectivity index (χ4n) is 3.18. The highest BCUT2D eigenvalue weighted by Crippen LogP contribution is 2.33. The van der Waals surface area contributed by atoms with Crippen LogP contribution in [0.5, 0.6) is 0 Å². The summed E-state index contributed by atoms with van der Waals surface area (Å²) in [5.41, 5.74) is -1.15. The van der Waals surface area contributed by atoms with E-state index in [1.165, 1.54) is 0 Å². The lowest BCUT2D eigenvalue weighted by Gasteiger charge is -2.34. The molecule has 3 N–H and O–H groups in total. The quantitative estimate of drug-likeness (QED) is 0.478. The van der Waals surface area contributed by atoms with Crippen molar-refractivity contribution in [3.8, 4) is 0 Å². The first-order chi connectivity index (χ1) is 13.1. The second kappa shape index (κ2) is 12.0. The zero-order valence-corrected chi connectivity index (χ0v) is 21.4. The molecule has 0 aromatic heterocycles. The molecule has 0 aromatic rings. The molecular formula is C24H48O6. The Kier molecular flexibility index (Phi) is 12.5. The standard InChI is InChI=1S/2C12H24O3/c1-8(9(13)11(2,3)4)7-12(5,6)10(14)15;1-8(2)11(14)15-7-9(3)10(13)12(4,5)6/h8-9,13H,7H2,1-6H3,(H,14,15);8-10,13H,7H2,1-6H3. The van der Waals surface area contributed by atoms with E-state index in [1.807, 2.05) is 55.4 Å². The van der Waals surface area contributed by atoms with Gasteiger partial charge in [-0.15, -0.1) is 0 Å². The Bertz CT molecular complexity index is 523. The number of rotatable bonds is 8. The van der Waals surface area contributed by atoms with Gasteiger partial charge in [0.15, 0.2) is 0 Å². The first-order valence-corrected chi connectivity index (χ1v) is 10.9. The lowest BCUT2D eigenvalue weighted by Crippen LogP contribution is -2.36. The van der Waals surface area contributed by atoms with Crippen LogP contribution < -0.4 is 0 Å². The molecule has 0 aliphatic rings. The van der Waals surface area contributed by atoms with Gasteiger partial charge in [0.1, 0.15) is 0 Å². The number of carbonyl (C=O) groups is 2. The monoisotopic (exact) mass is 432 g/mol. The van der Waals surface area contributed by atoms with E-state index in [-0.39, 0.29) is 41.2 Å². The number of aliphatic carboxylic acids is 1. The van der Waals surface area contributed by atoms with Crippen molar-refractivity contribution in [2.45, 2.75) is 102 Å². The Morgan fingerprint density at radius 2 is 1.13 bits per heavy atom. The van der Waals surface area contributed by atoms with Gasteiger partial charge in [0, 0.05) is 5.92 Å². The van der Waals surface area contributed by atoms with Gasteiger partial charge in [0.25, 0.3) is 0 Å². The van der Waals surface area contributed by atoms with Crippen LogP contribution in [0.15, 0.2) is 0 Å². The third kappa shape index (κ3) is 11.9. The van der Waals surface area contributed by atoms with Crippen LogP contribution in [-0.2, 0) is 14.3 Å². The molecule has 0 bridgehead atoms. The molecule has 0 fully saturated rings. The number of hydrogen-bond donors (Lipinski definition) is 3. The molecule has 0 aliphatic heterocycles. The molecule has 6 nitrogen and oxygen atoms in total. The first-order valence-electron chi connectivity index (χ1n) is 10.9. The molecule has 0 rings (SSSR count). The third-order valence-corrected chi connectivity index (χ3v) is 5.22. The number of carboxylic acids is 1. The normalized spacial score (nSPS) is 16.8. The second-order valence-electron chi connectivity index (χ2n) is 11.8. The van der Waals surface area contributed by atoms with E-state index < -0.39 is 23.6 Å². The zero-order valence-electron chi connectivity index (χ0n) is 21.4. The Morgan fingerprint density at radius 3 is 1.43 bits per heavy atom. The third-order valence-electron chi connectivity index (χ3n) is 5.22. The molecule has 0 radical (unpaired) electrons. The number of carboxylic acid groups (broad SMARTS) is 1. The molecule has 4 unspecified atom stereocenters. The predicted octanol–water partition coefficient (Wildman–Crippen LogP) is 4.76. The highest BCUT2D eigenvalue weighted by molar-refractivity contribution is 5.73. The summed E-state index contributed by atoms with van der Waals surface area (Å²) in [6.45, 7) is 22.9. The summed E-state index contributed by atoms with van der Waals surface area (Å²) in [4.78, 5) is 22.2. The average Bonchev–Trinajstić information content (AvgIpc) is 2.56. The molecule has 0 heterocycles. The van der Waals surface area contributed by atoms with Gasteiger partial charge in [-0.3, -0.25) is 9.59 Å². The van der Waals surface area contributed by atoms with Gasteiger partial charge in [-0.25, -0.2) is 0 Å². The van der Waals surface area contributed by atoms with Crippen LogP contribution in [0, 0.1) is 34.0 Å². The highest BCUT2D eigenvalue weighted by Gasteiger charge is 2.35. The van der Waals surface area contributed by atoms with Crippen LogP contribution in [0.4, 0.5) is 0 Å².